The molecule has 0 N–H and O–H groups in total. The summed E-state index contributed by atoms with van der Waals surface area (Å²) in [7, 11) is -1.47. The molecule has 1 saturated heterocycles. The number of anilines is 1. The molecule has 2 heterocycles. The zero-order chi connectivity index (χ0) is 19.9. The smallest absolute Gasteiger partial charge is 0.164 e. The normalized spacial score (nSPS) is 22.6. The third kappa shape index (κ3) is 3.86. The largest absolute Gasteiger partial charge is 0.497 e. The molecule has 2 aliphatic rings. The number of fused-ring (bicyclic) bond motifs is 1. The van der Waals surface area contributed by atoms with Crippen LogP contribution in [0.25, 0.3) is 0 Å². The van der Waals surface area contributed by atoms with E-state index in [9.17, 15) is 12.8 Å². The summed E-state index contributed by atoms with van der Waals surface area (Å²) in [6.45, 7) is 0.177. The molecule has 0 aliphatic carbocycles. The first-order chi connectivity index (χ1) is 13.4. The molecule has 1 fully saturated rings. The predicted molar refractivity (Wildman–Crippen MR) is 112 cm³/mol. The van der Waals surface area contributed by atoms with Gasteiger partial charge in [-0.1, -0.05) is 35.5 Å². The molecule has 0 spiro atoms. The molecule has 0 amide bonds. The van der Waals surface area contributed by atoms with Crippen LogP contribution < -0.4 is 9.64 Å². The van der Waals surface area contributed by atoms with Crippen molar-refractivity contribution >= 4 is 44.1 Å². The lowest BCUT2D eigenvalue weighted by atomic mass is 10.2. The Bertz CT molecular complexity index is 1020. The second-order valence-corrected chi connectivity index (χ2v) is 10.5. The van der Waals surface area contributed by atoms with E-state index in [4.69, 9.17) is 16.3 Å². The minimum Gasteiger partial charge on any atom is -0.497 e. The quantitative estimate of drug-likeness (QED) is 0.724. The van der Waals surface area contributed by atoms with Gasteiger partial charge in [-0.15, -0.1) is 0 Å². The average molecular weight is 441 g/mol. The number of hydrogen-bond donors (Lipinski definition) is 0. The molecule has 2 aromatic carbocycles. The van der Waals surface area contributed by atoms with E-state index >= 15 is 0 Å². The summed E-state index contributed by atoms with van der Waals surface area (Å²) in [6, 6.07) is 11.7. The number of hydrogen-bond acceptors (Lipinski definition) is 6. The molecule has 2 aromatic rings. The van der Waals surface area contributed by atoms with Gasteiger partial charge in [-0.3, -0.25) is 4.99 Å². The second-order valence-electron chi connectivity index (χ2n) is 6.70. The summed E-state index contributed by atoms with van der Waals surface area (Å²) in [4.78, 5) is 6.52. The Labute approximate surface area is 172 Å². The SMILES string of the molecule is COc1cccc(N(Cc2c(F)cccc2Cl)C2=N[C@H]3CS(=O)(=O)C[C@H]3S2)c1. The molecule has 5 nitrogen and oxygen atoms in total. The van der Waals surface area contributed by atoms with Crippen molar-refractivity contribution in [1.29, 1.82) is 0 Å². The van der Waals surface area contributed by atoms with Gasteiger partial charge in [0.15, 0.2) is 15.0 Å². The first-order valence-corrected chi connectivity index (χ1v) is 11.7. The lowest BCUT2D eigenvalue weighted by Crippen LogP contribution is -2.28. The summed E-state index contributed by atoms with van der Waals surface area (Å²) in [5, 5.41) is 0.890. The summed E-state index contributed by atoms with van der Waals surface area (Å²) in [6.07, 6.45) is 0. The molecule has 0 bridgehead atoms. The van der Waals surface area contributed by atoms with Crippen LogP contribution in [0.15, 0.2) is 47.5 Å². The molecule has 4 rings (SSSR count). The molecular weight excluding hydrogens is 423 g/mol. The Morgan fingerprint density at radius 3 is 2.79 bits per heavy atom. The zero-order valence-electron chi connectivity index (χ0n) is 15.0. The van der Waals surface area contributed by atoms with E-state index in [1.54, 1.807) is 19.2 Å². The Balaban J connectivity index is 1.72. The van der Waals surface area contributed by atoms with Crippen LogP contribution in [-0.2, 0) is 16.4 Å². The monoisotopic (exact) mass is 440 g/mol. The highest BCUT2D eigenvalue weighted by atomic mass is 35.5. The molecule has 2 aliphatic heterocycles. The highest BCUT2D eigenvalue weighted by molar-refractivity contribution is 8.15. The van der Waals surface area contributed by atoms with Crippen LogP contribution in [0.1, 0.15) is 5.56 Å². The van der Waals surface area contributed by atoms with Crippen LogP contribution in [0.5, 0.6) is 5.75 Å². The molecule has 148 valence electrons. The first-order valence-electron chi connectivity index (χ1n) is 8.65. The van der Waals surface area contributed by atoms with Crippen LogP contribution in [0, 0.1) is 5.82 Å². The fourth-order valence-electron chi connectivity index (χ4n) is 3.36. The van der Waals surface area contributed by atoms with E-state index in [0.717, 1.165) is 5.69 Å². The van der Waals surface area contributed by atoms with Gasteiger partial charge in [-0.05, 0) is 24.3 Å². The number of methoxy groups -OCH3 is 1. The molecule has 2 atom stereocenters. The third-order valence-corrected chi connectivity index (χ3v) is 8.38. The summed E-state index contributed by atoms with van der Waals surface area (Å²) < 4.78 is 43.5. The summed E-state index contributed by atoms with van der Waals surface area (Å²) in [5.74, 6) is 0.433. The minimum atomic E-state index is -3.05. The van der Waals surface area contributed by atoms with Gasteiger partial charge in [-0.2, -0.15) is 0 Å². The van der Waals surface area contributed by atoms with Crippen molar-refractivity contribution in [2.45, 2.75) is 17.8 Å². The number of rotatable bonds is 4. The molecule has 0 radical (unpaired) electrons. The first kappa shape index (κ1) is 19.5. The Kier molecular flexibility index (Phi) is 5.28. The van der Waals surface area contributed by atoms with E-state index in [1.165, 1.54) is 17.8 Å². The maximum absolute atomic E-state index is 14.4. The van der Waals surface area contributed by atoms with Crippen LogP contribution in [-0.4, -0.2) is 43.5 Å². The Morgan fingerprint density at radius 1 is 1.29 bits per heavy atom. The fourth-order valence-corrected chi connectivity index (χ4v) is 7.36. The van der Waals surface area contributed by atoms with Gasteiger partial charge in [0.05, 0.1) is 31.2 Å². The standard InChI is InChI=1S/C19H18ClFN2O3S2/c1-26-13-5-2-4-12(8-13)23(9-14-15(20)6-3-7-16(14)21)19-22-17-10-28(24,25)11-18(17)27-19/h2-8,17-18H,9-11H2,1H3/t17-,18+/m0/s1. The zero-order valence-corrected chi connectivity index (χ0v) is 17.4. The molecule has 28 heavy (non-hydrogen) atoms. The summed E-state index contributed by atoms with van der Waals surface area (Å²) >= 11 is 7.66. The Morgan fingerprint density at radius 2 is 2.07 bits per heavy atom. The van der Waals surface area contributed by atoms with Crippen molar-refractivity contribution in [3.63, 3.8) is 0 Å². The van der Waals surface area contributed by atoms with Gasteiger partial charge in [0.2, 0.25) is 0 Å². The van der Waals surface area contributed by atoms with Gasteiger partial charge in [0.1, 0.15) is 11.6 Å². The van der Waals surface area contributed by atoms with Gasteiger partial charge >= 0.3 is 0 Å². The highest BCUT2D eigenvalue weighted by Gasteiger charge is 2.44. The summed E-state index contributed by atoms with van der Waals surface area (Å²) in [5.41, 5.74) is 1.13. The molecule has 0 unspecified atom stereocenters. The molecule has 0 aromatic heterocycles. The van der Waals surface area contributed by atoms with Crippen LogP contribution in [0.2, 0.25) is 5.02 Å². The topological polar surface area (TPSA) is 59.0 Å². The van der Waals surface area contributed by atoms with Gasteiger partial charge in [0, 0.05) is 27.6 Å². The lowest BCUT2D eigenvalue weighted by molar-refractivity contribution is 0.415. The molecule has 0 saturated carbocycles. The van der Waals surface area contributed by atoms with E-state index in [1.807, 2.05) is 29.2 Å². The predicted octanol–water partition coefficient (Wildman–Crippen LogP) is 3.76. The number of ether oxygens (including phenoxy) is 1. The van der Waals surface area contributed by atoms with Crippen molar-refractivity contribution < 1.29 is 17.5 Å². The number of aliphatic imine (C=N–C) groups is 1. The van der Waals surface area contributed by atoms with Crippen LogP contribution in [0.4, 0.5) is 10.1 Å². The number of benzene rings is 2. The van der Waals surface area contributed by atoms with Gasteiger partial charge < -0.3 is 9.64 Å². The maximum atomic E-state index is 14.4. The average Bonchev–Trinajstić information content (AvgIpc) is 3.15. The highest BCUT2D eigenvalue weighted by Crippen LogP contribution is 2.38. The van der Waals surface area contributed by atoms with Gasteiger partial charge in [-0.25, -0.2) is 12.8 Å². The van der Waals surface area contributed by atoms with Crippen molar-refractivity contribution in [1.82, 2.24) is 0 Å². The number of nitrogens with zero attached hydrogens (tertiary/aromatic N) is 2. The van der Waals surface area contributed by atoms with Crippen molar-refractivity contribution in [2.75, 3.05) is 23.5 Å². The van der Waals surface area contributed by atoms with E-state index in [0.29, 0.717) is 21.5 Å². The third-order valence-electron chi connectivity index (χ3n) is 4.78. The lowest BCUT2D eigenvalue weighted by Gasteiger charge is -2.25. The number of sulfone groups is 1. The fraction of sp³-hybridized carbons (Fsp3) is 0.316. The maximum Gasteiger partial charge on any atom is 0.164 e. The van der Waals surface area contributed by atoms with Crippen molar-refractivity contribution in [3.8, 4) is 5.75 Å². The number of thioether (sulfide) groups is 1. The Hall–Kier alpha value is -1.77. The number of halogens is 2. The van der Waals surface area contributed by atoms with E-state index < -0.39 is 15.7 Å². The minimum absolute atomic E-state index is 0.0561. The molecule has 9 heteroatoms. The van der Waals surface area contributed by atoms with Gasteiger partial charge in [0.25, 0.3) is 0 Å². The van der Waals surface area contributed by atoms with Crippen molar-refractivity contribution in [3.05, 3.63) is 58.9 Å². The molecular formula is C19H18ClFN2O3S2. The van der Waals surface area contributed by atoms with Crippen LogP contribution >= 0.6 is 23.4 Å². The number of amidine groups is 1. The second kappa shape index (κ2) is 7.57. The van der Waals surface area contributed by atoms with Crippen molar-refractivity contribution in [2.24, 2.45) is 4.99 Å². The van der Waals surface area contributed by atoms with E-state index in [2.05, 4.69) is 4.99 Å². The van der Waals surface area contributed by atoms with Crippen LogP contribution in [0.3, 0.4) is 0 Å². The van der Waals surface area contributed by atoms with E-state index in [-0.39, 0.29) is 29.3 Å².